The molecule has 0 amide bonds. The monoisotopic (exact) mass is 268 g/mol. The van der Waals surface area contributed by atoms with E-state index in [1.807, 2.05) is 7.05 Å². The molecular formula is C12H17BrN2. The van der Waals surface area contributed by atoms with Crippen LogP contribution in [0.4, 0.5) is 5.69 Å². The number of halogens is 1. The van der Waals surface area contributed by atoms with Crippen LogP contribution in [0.2, 0.25) is 0 Å². The van der Waals surface area contributed by atoms with Gasteiger partial charge in [-0.1, -0.05) is 6.07 Å². The second kappa shape index (κ2) is 4.54. The third-order valence-corrected chi connectivity index (χ3v) is 3.71. The van der Waals surface area contributed by atoms with Gasteiger partial charge in [0.15, 0.2) is 0 Å². The molecule has 1 saturated heterocycles. The van der Waals surface area contributed by atoms with Gasteiger partial charge in [0.05, 0.1) is 5.69 Å². The third-order valence-electron chi connectivity index (χ3n) is 3.04. The van der Waals surface area contributed by atoms with Crippen molar-refractivity contribution in [2.24, 2.45) is 0 Å². The van der Waals surface area contributed by atoms with Crippen molar-refractivity contribution in [3.05, 3.63) is 28.2 Å². The molecular weight excluding hydrogens is 252 g/mol. The number of aryl methyl sites for hydroxylation is 1. The largest absolute Gasteiger partial charge is 0.369 e. The van der Waals surface area contributed by atoms with Crippen molar-refractivity contribution < 1.29 is 0 Å². The molecule has 0 saturated carbocycles. The molecule has 1 unspecified atom stereocenters. The van der Waals surface area contributed by atoms with Crippen molar-refractivity contribution in [1.82, 2.24) is 5.32 Å². The van der Waals surface area contributed by atoms with E-state index in [4.69, 9.17) is 0 Å². The first-order valence-electron chi connectivity index (χ1n) is 5.39. The van der Waals surface area contributed by atoms with E-state index in [2.05, 4.69) is 51.3 Å². The lowest BCUT2D eigenvalue weighted by molar-refractivity contribution is 0.617. The van der Waals surface area contributed by atoms with Crippen molar-refractivity contribution in [1.29, 1.82) is 0 Å². The van der Waals surface area contributed by atoms with Crippen molar-refractivity contribution in [2.75, 3.05) is 25.0 Å². The summed E-state index contributed by atoms with van der Waals surface area (Å²) in [6.07, 6.45) is 1.23. The standard InChI is InChI=1S/C12H17BrN2/c1-9-3-4-11(13)12(7-9)15-6-5-10(8-15)14-2/h3-4,7,10,14H,5-6,8H2,1-2H3. The Morgan fingerprint density at radius 2 is 2.27 bits per heavy atom. The Balaban J connectivity index is 2.19. The van der Waals surface area contributed by atoms with Gasteiger partial charge in [-0.2, -0.15) is 0 Å². The molecule has 2 rings (SSSR count). The minimum Gasteiger partial charge on any atom is -0.369 e. The van der Waals surface area contributed by atoms with E-state index in [0.717, 1.165) is 13.1 Å². The first kappa shape index (κ1) is 11.0. The van der Waals surface area contributed by atoms with Crippen LogP contribution < -0.4 is 10.2 Å². The van der Waals surface area contributed by atoms with Crippen LogP contribution in [-0.2, 0) is 0 Å². The minimum absolute atomic E-state index is 0.636. The zero-order valence-electron chi connectivity index (χ0n) is 9.26. The second-order valence-electron chi connectivity index (χ2n) is 4.18. The molecule has 2 nitrogen and oxygen atoms in total. The quantitative estimate of drug-likeness (QED) is 0.887. The molecule has 15 heavy (non-hydrogen) atoms. The normalized spacial score (nSPS) is 21.0. The molecule has 0 aliphatic carbocycles. The Hall–Kier alpha value is -0.540. The van der Waals surface area contributed by atoms with E-state index in [9.17, 15) is 0 Å². The summed E-state index contributed by atoms with van der Waals surface area (Å²) in [7, 11) is 2.04. The predicted octanol–water partition coefficient (Wildman–Crippen LogP) is 2.56. The van der Waals surface area contributed by atoms with E-state index in [0.29, 0.717) is 6.04 Å². The van der Waals surface area contributed by atoms with Gasteiger partial charge in [0, 0.05) is 23.6 Å². The van der Waals surface area contributed by atoms with Crippen LogP contribution in [0.5, 0.6) is 0 Å². The SMILES string of the molecule is CNC1CCN(c2cc(C)ccc2Br)C1. The van der Waals surface area contributed by atoms with E-state index < -0.39 is 0 Å². The molecule has 1 aliphatic heterocycles. The summed E-state index contributed by atoms with van der Waals surface area (Å²) in [4.78, 5) is 2.44. The summed E-state index contributed by atoms with van der Waals surface area (Å²) in [5, 5.41) is 3.34. The highest BCUT2D eigenvalue weighted by Crippen LogP contribution is 2.29. The Morgan fingerprint density at radius 1 is 1.47 bits per heavy atom. The van der Waals surface area contributed by atoms with E-state index >= 15 is 0 Å². The van der Waals surface area contributed by atoms with Crippen LogP contribution in [0.15, 0.2) is 22.7 Å². The van der Waals surface area contributed by atoms with E-state index in [-0.39, 0.29) is 0 Å². The first-order chi connectivity index (χ1) is 7.20. The summed E-state index contributed by atoms with van der Waals surface area (Å²) >= 11 is 3.62. The van der Waals surface area contributed by atoms with Gasteiger partial charge in [0.1, 0.15) is 0 Å². The zero-order valence-corrected chi connectivity index (χ0v) is 10.8. The highest BCUT2D eigenvalue weighted by atomic mass is 79.9. The van der Waals surface area contributed by atoms with Crippen LogP contribution in [0, 0.1) is 6.92 Å². The number of likely N-dealkylation sites (N-methyl/N-ethyl adjacent to an activating group) is 1. The molecule has 3 heteroatoms. The van der Waals surface area contributed by atoms with E-state index in [1.165, 1.54) is 22.1 Å². The number of rotatable bonds is 2. The number of anilines is 1. The fourth-order valence-electron chi connectivity index (χ4n) is 2.08. The molecule has 1 atom stereocenters. The van der Waals surface area contributed by atoms with Crippen LogP contribution in [0.3, 0.4) is 0 Å². The molecule has 82 valence electrons. The van der Waals surface area contributed by atoms with Crippen LogP contribution in [0.25, 0.3) is 0 Å². The molecule has 1 aromatic carbocycles. The third kappa shape index (κ3) is 2.34. The number of nitrogens with zero attached hydrogens (tertiary/aromatic N) is 1. The van der Waals surface area contributed by atoms with Crippen molar-refractivity contribution in [3.63, 3.8) is 0 Å². The Bertz CT molecular complexity index is 351. The summed E-state index contributed by atoms with van der Waals surface area (Å²) < 4.78 is 1.20. The maximum Gasteiger partial charge on any atom is 0.0513 e. The lowest BCUT2D eigenvalue weighted by Crippen LogP contribution is -2.29. The molecule has 1 heterocycles. The molecule has 0 spiro atoms. The molecule has 0 radical (unpaired) electrons. The van der Waals surface area contributed by atoms with E-state index in [1.54, 1.807) is 0 Å². The van der Waals surface area contributed by atoms with Gasteiger partial charge in [0.25, 0.3) is 0 Å². The van der Waals surface area contributed by atoms with Gasteiger partial charge >= 0.3 is 0 Å². The molecule has 0 bridgehead atoms. The highest BCUT2D eigenvalue weighted by molar-refractivity contribution is 9.10. The molecule has 1 fully saturated rings. The maximum atomic E-state index is 3.62. The smallest absolute Gasteiger partial charge is 0.0513 e. The van der Waals surface area contributed by atoms with Gasteiger partial charge in [-0.3, -0.25) is 0 Å². The van der Waals surface area contributed by atoms with Crippen molar-refractivity contribution in [2.45, 2.75) is 19.4 Å². The fourth-order valence-corrected chi connectivity index (χ4v) is 2.58. The van der Waals surface area contributed by atoms with Gasteiger partial charge in [-0.05, 0) is 54.0 Å². The summed E-state index contributed by atoms with van der Waals surface area (Å²) in [6, 6.07) is 7.16. The number of nitrogens with one attached hydrogen (secondary N) is 1. The molecule has 0 aromatic heterocycles. The predicted molar refractivity (Wildman–Crippen MR) is 68.6 cm³/mol. The minimum atomic E-state index is 0.636. The first-order valence-corrected chi connectivity index (χ1v) is 6.18. The van der Waals surface area contributed by atoms with Gasteiger partial charge in [-0.15, -0.1) is 0 Å². The van der Waals surface area contributed by atoms with Crippen LogP contribution >= 0.6 is 15.9 Å². The maximum absolute atomic E-state index is 3.62. The van der Waals surface area contributed by atoms with Gasteiger partial charge in [-0.25, -0.2) is 0 Å². The average Bonchev–Trinajstić information content (AvgIpc) is 2.70. The van der Waals surface area contributed by atoms with Crippen molar-refractivity contribution in [3.8, 4) is 0 Å². The summed E-state index contributed by atoms with van der Waals surface area (Å²) in [6.45, 7) is 4.40. The molecule has 1 N–H and O–H groups in total. The molecule has 1 aromatic rings. The number of hydrogen-bond donors (Lipinski definition) is 1. The Kier molecular flexibility index (Phi) is 3.32. The van der Waals surface area contributed by atoms with Crippen LogP contribution in [0.1, 0.15) is 12.0 Å². The Labute approximate surface area is 99.8 Å². The molecule has 1 aliphatic rings. The summed E-state index contributed by atoms with van der Waals surface area (Å²) in [5.74, 6) is 0. The number of hydrogen-bond acceptors (Lipinski definition) is 2. The topological polar surface area (TPSA) is 15.3 Å². The summed E-state index contributed by atoms with van der Waals surface area (Å²) in [5.41, 5.74) is 2.65. The lowest BCUT2D eigenvalue weighted by atomic mass is 10.2. The van der Waals surface area contributed by atoms with Gasteiger partial charge in [0.2, 0.25) is 0 Å². The second-order valence-corrected chi connectivity index (χ2v) is 5.03. The fraction of sp³-hybridized carbons (Fsp3) is 0.500. The van der Waals surface area contributed by atoms with Gasteiger partial charge < -0.3 is 10.2 Å². The van der Waals surface area contributed by atoms with Crippen LogP contribution in [-0.4, -0.2) is 26.2 Å². The number of benzene rings is 1. The highest BCUT2D eigenvalue weighted by Gasteiger charge is 2.22. The zero-order chi connectivity index (χ0) is 10.8. The average molecular weight is 269 g/mol. The van der Waals surface area contributed by atoms with Crippen molar-refractivity contribution >= 4 is 21.6 Å². The lowest BCUT2D eigenvalue weighted by Gasteiger charge is -2.20. The Morgan fingerprint density at radius 3 is 2.93 bits per heavy atom.